The Kier molecular flexibility index (Phi) is 6.88. The molecule has 0 aliphatic carbocycles. The summed E-state index contributed by atoms with van der Waals surface area (Å²) in [4.78, 5) is 4.79. The maximum atomic E-state index is 5.48. The van der Waals surface area contributed by atoms with Gasteiger partial charge in [0.1, 0.15) is 16.5 Å². The summed E-state index contributed by atoms with van der Waals surface area (Å²) in [7, 11) is 3.37. The van der Waals surface area contributed by atoms with E-state index in [0.717, 1.165) is 45.2 Å². The van der Waals surface area contributed by atoms with Gasteiger partial charge in [-0.2, -0.15) is 0 Å². The predicted molar refractivity (Wildman–Crippen MR) is 115 cm³/mol. The highest BCUT2D eigenvalue weighted by Gasteiger charge is 2.13. The van der Waals surface area contributed by atoms with Crippen LogP contribution in [0.1, 0.15) is 30.6 Å². The fraction of sp³-hybridized carbons (Fsp3) is 0.286. The van der Waals surface area contributed by atoms with Crippen molar-refractivity contribution in [1.82, 2.24) is 10.3 Å². The second kappa shape index (κ2) is 9.35. The number of aromatic nitrogens is 1. The smallest absolute Gasteiger partial charge is 0.129 e. The molecule has 27 heavy (non-hydrogen) atoms. The van der Waals surface area contributed by atoms with Crippen molar-refractivity contribution < 1.29 is 9.47 Å². The van der Waals surface area contributed by atoms with Gasteiger partial charge in [0, 0.05) is 22.4 Å². The molecule has 0 spiro atoms. The molecule has 142 valence electrons. The molecule has 0 aliphatic rings. The van der Waals surface area contributed by atoms with Crippen LogP contribution < -0.4 is 14.8 Å². The number of methoxy groups -OCH3 is 2. The topological polar surface area (TPSA) is 43.4 Å². The van der Waals surface area contributed by atoms with E-state index in [9.17, 15) is 0 Å². The van der Waals surface area contributed by atoms with Crippen molar-refractivity contribution in [2.24, 2.45) is 0 Å². The summed E-state index contributed by atoms with van der Waals surface area (Å²) in [5, 5.41) is 6.67. The molecular weight excluding hydrogens is 424 g/mol. The second-order valence-corrected chi connectivity index (χ2v) is 7.88. The lowest BCUT2D eigenvalue weighted by molar-refractivity contribution is 0.414. The third-order valence-electron chi connectivity index (χ3n) is 4.40. The molecule has 1 atom stereocenters. The van der Waals surface area contributed by atoms with E-state index in [2.05, 4.69) is 45.7 Å². The number of thiazole rings is 1. The number of halogens is 1. The Bertz CT molecular complexity index is 880. The van der Waals surface area contributed by atoms with E-state index in [1.54, 1.807) is 25.6 Å². The molecule has 0 amide bonds. The van der Waals surface area contributed by atoms with Gasteiger partial charge in [0.2, 0.25) is 0 Å². The first-order chi connectivity index (χ1) is 13.1. The van der Waals surface area contributed by atoms with E-state index >= 15 is 0 Å². The summed E-state index contributed by atoms with van der Waals surface area (Å²) < 4.78 is 11.7. The number of ether oxygens (including phenoxy) is 2. The minimum atomic E-state index is 0.279. The van der Waals surface area contributed by atoms with E-state index in [1.807, 2.05) is 30.3 Å². The van der Waals surface area contributed by atoms with E-state index in [0.29, 0.717) is 0 Å². The van der Waals surface area contributed by atoms with Crippen molar-refractivity contribution in [3.63, 3.8) is 0 Å². The van der Waals surface area contributed by atoms with Crippen molar-refractivity contribution in [2.75, 3.05) is 14.2 Å². The average Bonchev–Trinajstić information content (AvgIpc) is 3.18. The van der Waals surface area contributed by atoms with Crippen LogP contribution in [-0.2, 0) is 6.54 Å². The third kappa shape index (κ3) is 4.89. The first-order valence-electron chi connectivity index (χ1n) is 8.80. The number of benzene rings is 2. The molecule has 6 heteroatoms. The van der Waals surface area contributed by atoms with Crippen LogP contribution in [0.25, 0.3) is 10.6 Å². The van der Waals surface area contributed by atoms with Gasteiger partial charge in [-0.05, 0) is 42.3 Å². The molecule has 1 aromatic heterocycles. The van der Waals surface area contributed by atoms with Crippen LogP contribution in [0.4, 0.5) is 0 Å². The van der Waals surface area contributed by atoms with Gasteiger partial charge in [0.25, 0.3) is 0 Å². The van der Waals surface area contributed by atoms with Gasteiger partial charge in [-0.1, -0.05) is 35.0 Å². The normalized spacial score (nSPS) is 12.0. The Balaban J connectivity index is 1.71. The molecule has 0 saturated heterocycles. The van der Waals surface area contributed by atoms with Gasteiger partial charge in [-0.25, -0.2) is 4.98 Å². The Morgan fingerprint density at radius 1 is 1.11 bits per heavy atom. The Morgan fingerprint density at radius 3 is 2.56 bits per heavy atom. The summed E-state index contributed by atoms with van der Waals surface area (Å²) in [5.74, 6) is 1.71. The number of nitrogens with one attached hydrogen (secondary N) is 1. The van der Waals surface area contributed by atoms with Gasteiger partial charge >= 0.3 is 0 Å². The lowest BCUT2D eigenvalue weighted by atomic mass is 10.0. The molecule has 0 aliphatic heterocycles. The van der Waals surface area contributed by atoms with Gasteiger partial charge in [0.15, 0.2) is 0 Å². The van der Waals surface area contributed by atoms with E-state index in [4.69, 9.17) is 14.5 Å². The maximum Gasteiger partial charge on any atom is 0.129 e. The molecular formula is C21H23BrN2O2S. The molecule has 0 fully saturated rings. The van der Waals surface area contributed by atoms with Gasteiger partial charge < -0.3 is 14.8 Å². The SMILES string of the molecule is CCC(NCc1csc(-c2cc(Br)ccc2OC)n1)c1ccc(OC)cc1. The molecule has 2 aromatic carbocycles. The van der Waals surface area contributed by atoms with Crippen molar-refractivity contribution >= 4 is 27.3 Å². The largest absolute Gasteiger partial charge is 0.497 e. The van der Waals surface area contributed by atoms with Crippen LogP contribution in [0.3, 0.4) is 0 Å². The molecule has 3 aromatic rings. The fourth-order valence-corrected chi connectivity index (χ4v) is 4.12. The number of hydrogen-bond acceptors (Lipinski definition) is 5. The molecule has 1 unspecified atom stereocenters. The second-order valence-electron chi connectivity index (χ2n) is 6.10. The minimum Gasteiger partial charge on any atom is -0.497 e. The number of rotatable bonds is 8. The van der Waals surface area contributed by atoms with Crippen LogP contribution in [-0.4, -0.2) is 19.2 Å². The Morgan fingerprint density at radius 2 is 1.89 bits per heavy atom. The van der Waals surface area contributed by atoms with Crippen molar-refractivity contribution in [2.45, 2.75) is 25.9 Å². The zero-order valence-electron chi connectivity index (χ0n) is 15.7. The predicted octanol–water partition coefficient (Wildman–Crippen LogP) is 5.83. The highest BCUT2D eigenvalue weighted by Crippen LogP contribution is 2.34. The van der Waals surface area contributed by atoms with Gasteiger partial charge in [-0.15, -0.1) is 11.3 Å². The third-order valence-corrected chi connectivity index (χ3v) is 5.82. The maximum absolute atomic E-state index is 5.48. The first kappa shape index (κ1) is 19.9. The fourth-order valence-electron chi connectivity index (χ4n) is 2.92. The Hall–Kier alpha value is -1.89. The summed E-state index contributed by atoms with van der Waals surface area (Å²) >= 11 is 5.16. The zero-order chi connectivity index (χ0) is 19.2. The van der Waals surface area contributed by atoms with Crippen LogP contribution in [0, 0.1) is 0 Å². The lowest BCUT2D eigenvalue weighted by Crippen LogP contribution is -2.20. The summed E-state index contributed by atoms with van der Waals surface area (Å²) in [6.07, 6.45) is 1.00. The molecule has 1 N–H and O–H groups in total. The number of nitrogens with zero attached hydrogens (tertiary/aromatic N) is 1. The monoisotopic (exact) mass is 446 g/mol. The first-order valence-corrected chi connectivity index (χ1v) is 10.5. The molecule has 0 bridgehead atoms. The molecule has 3 rings (SSSR count). The van der Waals surface area contributed by atoms with Crippen molar-refractivity contribution in [3.05, 3.63) is 63.6 Å². The standard InChI is InChI=1S/C21H23BrN2O2S/c1-4-19(14-5-8-17(25-2)9-6-14)23-12-16-13-27-21(24-16)18-11-15(22)7-10-20(18)26-3/h5-11,13,19,23H,4,12H2,1-3H3. The van der Waals surface area contributed by atoms with E-state index < -0.39 is 0 Å². The van der Waals surface area contributed by atoms with Gasteiger partial charge in [0.05, 0.1) is 25.5 Å². The quantitative estimate of drug-likeness (QED) is 0.472. The summed E-state index contributed by atoms with van der Waals surface area (Å²) in [5.41, 5.74) is 3.29. The number of hydrogen-bond donors (Lipinski definition) is 1. The molecule has 1 heterocycles. The molecule has 0 radical (unpaired) electrons. The van der Waals surface area contributed by atoms with Gasteiger partial charge in [-0.3, -0.25) is 0 Å². The van der Waals surface area contributed by atoms with Crippen LogP contribution in [0.15, 0.2) is 52.3 Å². The van der Waals surface area contributed by atoms with Crippen LogP contribution >= 0.6 is 27.3 Å². The van der Waals surface area contributed by atoms with Crippen LogP contribution in [0.2, 0.25) is 0 Å². The molecule has 0 saturated carbocycles. The van der Waals surface area contributed by atoms with E-state index in [-0.39, 0.29) is 6.04 Å². The van der Waals surface area contributed by atoms with Crippen molar-refractivity contribution in [3.8, 4) is 22.1 Å². The minimum absolute atomic E-state index is 0.279. The zero-order valence-corrected chi connectivity index (χ0v) is 18.1. The Labute approximate surface area is 172 Å². The highest BCUT2D eigenvalue weighted by atomic mass is 79.9. The van der Waals surface area contributed by atoms with E-state index in [1.165, 1.54) is 5.56 Å². The van der Waals surface area contributed by atoms with Crippen LogP contribution in [0.5, 0.6) is 11.5 Å². The summed E-state index contributed by atoms with van der Waals surface area (Å²) in [6.45, 7) is 2.90. The average molecular weight is 447 g/mol. The summed E-state index contributed by atoms with van der Waals surface area (Å²) in [6, 6.07) is 14.5. The van der Waals surface area contributed by atoms with Crippen molar-refractivity contribution in [1.29, 1.82) is 0 Å². The lowest BCUT2D eigenvalue weighted by Gasteiger charge is -2.17. The highest BCUT2D eigenvalue weighted by molar-refractivity contribution is 9.10. The molecule has 4 nitrogen and oxygen atoms in total.